The van der Waals surface area contributed by atoms with Crippen LogP contribution in [-0.4, -0.2) is 40.9 Å². The van der Waals surface area contributed by atoms with Gasteiger partial charge in [0.05, 0.1) is 0 Å². The number of carboxylic acid groups (broad SMARTS) is 1. The quantitative estimate of drug-likeness (QED) is 0.415. The molecule has 0 amide bonds. The Balaban J connectivity index is 2.47. The molecule has 0 aromatic rings. The van der Waals surface area contributed by atoms with Crippen molar-refractivity contribution in [3.8, 4) is 0 Å². The first-order valence-corrected chi connectivity index (χ1v) is 5.96. The van der Waals surface area contributed by atoms with Gasteiger partial charge in [-0.2, -0.15) is 0 Å². The number of hydrogen-bond donors (Lipinski definition) is 1. The van der Waals surface area contributed by atoms with Gasteiger partial charge in [-0.3, -0.25) is 0 Å². The van der Waals surface area contributed by atoms with Crippen molar-refractivity contribution in [2.45, 2.75) is 0 Å². The number of aliphatic carboxylic acids is 1. The Kier molecular flexibility index (Phi) is 2.26. The minimum atomic E-state index is -6.01. The van der Waals surface area contributed by atoms with E-state index in [-0.39, 0.29) is 0 Å². The molecule has 2 rings (SSSR count). The SMILES string of the molecule is O=C(O)C(=O)OP12(OC(=O)C(=O)O1)OC(=O)C(=O)O2. The monoisotopic (exact) mass is 296 g/mol. The molecule has 1 N–H and O–H groups in total. The van der Waals surface area contributed by atoms with Gasteiger partial charge >= 0.3 is 100 Å². The van der Waals surface area contributed by atoms with Gasteiger partial charge in [0.2, 0.25) is 0 Å². The van der Waals surface area contributed by atoms with Crippen LogP contribution in [-0.2, 0) is 51.4 Å². The number of carbonyl (C=O) groups excluding carboxylic acids is 5. The second kappa shape index (κ2) is 3.38. The number of rotatable bonds is 1. The molecule has 1 spiro atoms. The maximum absolute atomic E-state index is 10.9. The van der Waals surface area contributed by atoms with Crippen molar-refractivity contribution >= 4 is 43.6 Å². The summed E-state index contributed by atoms with van der Waals surface area (Å²) in [5.74, 6) is -11.5. The summed E-state index contributed by atoms with van der Waals surface area (Å²) in [6.07, 6.45) is 0. The van der Waals surface area contributed by atoms with Gasteiger partial charge < -0.3 is 0 Å². The Morgan fingerprint density at radius 2 is 1.16 bits per heavy atom. The molecule has 2 fully saturated rings. The summed E-state index contributed by atoms with van der Waals surface area (Å²) < 4.78 is 20.4. The first-order chi connectivity index (χ1) is 8.66. The second-order valence-electron chi connectivity index (χ2n) is 2.94. The van der Waals surface area contributed by atoms with Crippen LogP contribution in [0.3, 0.4) is 0 Å². The zero-order chi connectivity index (χ0) is 14.4. The van der Waals surface area contributed by atoms with Gasteiger partial charge in [-0.1, -0.05) is 0 Å². The average Bonchev–Trinajstić information content (AvgIpc) is 2.63. The molecule has 2 aliphatic heterocycles. The molecule has 0 aliphatic carbocycles. The van der Waals surface area contributed by atoms with E-state index in [1.807, 2.05) is 0 Å². The van der Waals surface area contributed by atoms with Crippen LogP contribution in [0.2, 0.25) is 0 Å². The summed E-state index contributed by atoms with van der Waals surface area (Å²) in [4.78, 5) is 64.9. The van der Waals surface area contributed by atoms with Crippen molar-refractivity contribution in [1.29, 1.82) is 0 Å². The molecule has 2 aliphatic rings. The Hall–Kier alpha value is -2.75. The van der Waals surface area contributed by atoms with Crippen LogP contribution in [0.25, 0.3) is 0 Å². The fourth-order valence-electron chi connectivity index (χ4n) is 1.05. The van der Waals surface area contributed by atoms with Crippen LogP contribution in [0.5, 0.6) is 0 Å². The molecule has 0 atom stereocenters. The van der Waals surface area contributed by atoms with Gasteiger partial charge in [0.25, 0.3) is 0 Å². The third-order valence-corrected chi connectivity index (χ3v) is 3.99. The Labute approximate surface area is 101 Å². The van der Waals surface area contributed by atoms with Crippen molar-refractivity contribution in [2.24, 2.45) is 0 Å². The van der Waals surface area contributed by atoms with Gasteiger partial charge in [-0.05, 0) is 0 Å². The zero-order valence-corrected chi connectivity index (χ0v) is 9.28. The van der Waals surface area contributed by atoms with Gasteiger partial charge in [0.15, 0.2) is 0 Å². The summed E-state index contributed by atoms with van der Waals surface area (Å²) in [5, 5.41) is 8.33. The molecule has 0 radical (unpaired) electrons. The van der Waals surface area contributed by atoms with Crippen LogP contribution in [0.4, 0.5) is 0 Å². The molecular formula is C6HO12P. The first-order valence-electron chi connectivity index (χ1n) is 4.13. The van der Waals surface area contributed by atoms with E-state index in [1.165, 1.54) is 0 Å². The minimum absolute atomic E-state index is 1.79. The van der Waals surface area contributed by atoms with E-state index in [0.29, 0.717) is 0 Å². The van der Waals surface area contributed by atoms with Crippen molar-refractivity contribution in [3.05, 3.63) is 0 Å². The van der Waals surface area contributed by atoms with E-state index in [2.05, 4.69) is 22.6 Å². The van der Waals surface area contributed by atoms with Gasteiger partial charge in [0, 0.05) is 0 Å². The van der Waals surface area contributed by atoms with Crippen molar-refractivity contribution in [1.82, 2.24) is 0 Å². The predicted molar refractivity (Wildman–Crippen MR) is 45.0 cm³/mol. The number of hydrogen-bond acceptors (Lipinski definition) is 11. The molecule has 102 valence electrons. The van der Waals surface area contributed by atoms with Crippen LogP contribution in [0.15, 0.2) is 0 Å². The van der Waals surface area contributed by atoms with Crippen molar-refractivity contribution < 1.29 is 56.5 Å². The van der Waals surface area contributed by atoms with Crippen molar-refractivity contribution in [3.63, 3.8) is 0 Å². The van der Waals surface area contributed by atoms with Gasteiger partial charge in [0.1, 0.15) is 0 Å². The van der Waals surface area contributed by atoms with E-state index < -0.39 is 43.6 Å². The molecule has 19 heavy (non-hydrogen) atoms. The molecule has 2 heterocycles. The molecule has 12 nitrogen and oxygen atoms in total. The van der Waals surface area contributed by atoms with Crippen molar-refractivity contribution in [2.75, 3.05) is 0 Å². The molecule has 0 aromatic heterocycles. The Bertz CT molecular complexity index is 497. The van der Waals surface area contributed by atoms with E-state index in [4.69, 9.17) is 5.11 Å². The zero-order valence-electron chi connectivity index (χ0n) is 8.39. The molecule has 2 saturated heterocycles. The first kappa shape index (κ1) is 12.7. The molecular weight excluding hydrogens is 295 g/mol. The fourth-order valence-corrected chi connectivity index (χ4v) is 3.15. The molecule has 0 bridgehead atoms. The average molecular weight is 296 g/mol. The molecule has 0 unspecified atom stereocenters. The second-order valence-corrected chi connectivity index (χ2v) is 5.35. The third-order valence-electron chi connectivity index (χ3n) is 1.67. The van der Waals surface area contributed by atoms with E-state index in [0.717, 1.165) is 0 Å². The van der Waals surface area contributed by atoms with Gasteiger partial charge in [-0.15, -0.1) is 0 Å². The fraction of sp³-hybridized carbons (Fsp3) is 0. The number of carboxylic acids is 1. The van der Waals surface area contributed by atoms with E-state index in [9.17, 15) is 28.8 Å². The van der Waals surface area contributed by atoms with Crippen LogP contribution in [0, 0.1) is 0 Å². The molecule has 0 saturated carbocycles. The summed E-state index contributed by atoms with van der Waals surface area (Å²) in [6, 6.07) is 0. The normalized spacial score (nSPS) is 24.5. The summed E-state index contributed by atoms with van der Waals surface area (Å²) in [5.41, 5.74) is 0. The number of carbonyl (C=O) groups is 6. The van der Waals surface area contributed by atoms with Crippen LogP contribution in [0.1, 0.15) is 0 Å². The molecule has 0 aromatic carbocycles. The van der Waals surface area contributed by atoms with E-state index in [1.54, 1.807) is 0 Å². The summed E-state index contributed by atoms with van der Waals surface area (Å²) in [6.45, 7) is 0. The summed E-state index contributed by atoms with van der Waals surface area (Å²) in [7, 11) is -6.01. The Morgan fingerprint density at radius 1 is 0.842 bits per heavy atom. The standard InChI is InChI=1S/C6HO12P/c7-1(8)2(9)14-19(15-3(10)4(11)16-19)17-5(12)6(13)18-19/h(H,7,8). The van der Waals surface area contributed by atoms with Gasteiger partial charge in [-0.25, -0.2) is 0 Å². The van der Waals surface area contributed by atoms with Crippen LogP contribution >= 0.6 is 7.74 Å². The topological polar surface area (TPSA) is 169 Å². The van der Waals surface area contributed by atoms with E-state index >= 15 is 0 Å². The Morgan fingerprint density at radius 3 is 1.42 bits per heavy atom. The molecule has 13 heteroatoms. The summed E-state index contributed by atoms with van der Waals surface area (Å²) >= 11 is 0. The predicted octanol–water partition coefficient (Wildman–Crippen LogP) is -2.06. The third kappa shape index (κ3) is 1.74. The van der Waals surface area contributed by atoms with Crippen LogP contribution < -0.4 is 0 Å². The maximum atomic E-state index is 10.9.